The minimum Gasteiger partial charge on any atom is -0.489 e. The Morgan fingerprint density at radius 1 is 1.24 bits per heavy atom. The van der Waals surface area contributed by atoms with Crippen LogP contribution in [0.3, 0.4) is 0 Å². The van der Waals surface area contributed by atoms with E-state index in [0.717, 1.165) is 53.8 Å². The van der Waals surface area contributed by atoms with Gasteiger partial charge in [0.25, 0.3) is 5.91 Å². The zero-order chi connectivity index (χ0) is 25.1. The van der Waals surface area contributed by atoms with Crippen LogP contribution in [-0.4, -0.2) is 52.6 Å². The molecule has 8 nitrogen and oxygen atoms in total. The number of piperidine rings is 1. The van der Waals surface area contributed by atoms with Gasteiger partial charge in [0.05, 0.1) is 24.5 Å². The van der Waals surface area contributed by atoms with Gasteiger partial charge in [-0.05, 0) is 44.0 Å². The minimum atomic E-state index is -0.0696. The Kier molecular flexibility index (Phi) is 5.37. The van der Waals surface area contributed by atoms with Crippen molar-refractivity contribution in [3.8, 4) is 5.75 Å². The SMILES string of the molecule is Cc1csc(Cn2c([C@@H]3Nc4cc(C(=O)N5CCCC(N)C5)cc5c4N3CCO5)cc3ccccc32)n1. The number of ether oxygens (including phenoxy) is 1. The first-order valence-corrected chi connectivity index (χ1v) is 13.8. The number of benzene rings is 2. The molecule has 0 aliphatic carbocycles. The molecule has 2 aromatic heterocycles. The number of nitrogens with zero attached hydrogens (tertiary/aromatic N) is 4. The highest BCUT2D eigenvalue weighted by Gasteiger charge is 2.38. The van der Waals surface area contributed by atoms with Crippen molar-refractivity contribution in [2.75, 3.05) is 36.5 Å². The lowest BCUT2D eigenvalue weighted by atomic mass is 10.0. The summed E-state index contributed by atoms with van der Waals surface area (Å²) in [6.07, 6.45) is 1.84. The molecule has 0 bridgehead atoms. The van der Waals surface area contributed by atoms with Crippen LogP contribution < -0.4 is 20.7 Å². The molecule has 5 heterocycles. The molecule has 0 spiro atoms. The second-order valence-electron chi connectivity index (χ2n) is 10.2. The molecule has 4 aromatic rings. The van der Waals surface area contributed by atoms with Crippen molar-refractivity contribution >= 4 is 39.5 Å². The number of hydrogen-bond donors (Lipinski definition) is 2. The zero-order valence-corrected chi connectivity index (χ0v) is 21.6. The number of nitrogens with two attached hydrogens (primary N) is 1. The lowest BCUT2D eigenvalue weighted by Gasteiger charge is -2.33. The Hall–Kier alpha value is -3.56. The summed E-state index contributed by atoms with van der Waals surface area (Å²) in [6.45, 7) is 5.44. The highest BCUT2D eigenvalue weighted by molar-refractivity contribution is 7.09. The minimum absolute atomic E-state index is 0.0217. The van der Waals surface area contributed by atoms with E-state index in [9.17, 15) is 4.79 Å². The van der Waals surface area contributed by atoms with E-state index < -0.39 is 0 Å². The van der Waals surface area contributed by atoms with Gasteiger partial charge in [-0.1, -0.05) is 18.2 Å². The lowest BCUT2D eigenvalue weighted by molar-refractivity contribution is 0.0708. The maximum Gasteiger partial charge on any atom is 0.254 e. The number of carbonyl (C=O) groups excluding carboxylic acids is 1. The Balaban J connectivity index is 1.27. The van der Waals surface area contributed by atoms with E-state index in [0.29, 0.717) is 25.3 Å². The van der Waals surface area contributed by atoms with Gasteiger partial charge in [-0.2, -0.15) is 0 Å². The number of para-hydroxylation sites is 1. The fourth-order valence-corrected chi connectivity index (χ4v) is 6.71. The van der Waals surface area contributed by atoms with Crippen molar-refractivity contribution in [3.63, 3.8) is 0 Å². The van der Waals surface area contributed by atoms with Crippen molar-refractivity contribution in [2.24, 2.45) is 5.73 Å². The molecule has 2 atom stereocenters. The van der Waals surface area contributed by atoms with Crippen LogP contribution in [0.1, 0.15) is 45.8 Å². The van der Waals surface area contributed by atoms with Crippen LogP contribution >= 0.6 is 11.3 Å². The molecule has 3 aliphatic heterocycles. The van der Waals surface area contributed by atoms with E-state index in [4.69, 9.17) is 15.5 Å². The van der Waals surface area contributed by atoms with Crippen molar-refractivity contribution in [2.45, 2.75) is 38.5 Å². The van der Waals surface area contributed by atoms with Crippen LogP contribution in [-0.2, 0) is 6.54 Å². The summed E-state index contributed by atoms with van der Waals surface area (Å²) in [7, 11) is 0. The second kappa shape index (κ2) is 8.78. The molecule has 9 heteroatoms. The van der Waals surface area contributed by atoms with Crippen LogP contribution in [0.5, 0.6) is 5.75 Å². The number of thiazole rings is 1. The molecule has 1 amide bonds. The molecular weight excluding hydrogens is 484 g/mol. The average Bonchev–Trinajstić information content (AvgIpc) is 3.60. The summed E-state index contributed by atoms with van der Waals surface area (Å²) >= 11 is 1.70. The van der Waals surface area contributed by atoms with E-state index >= 15 is 0 Å². The molecule has 1 unspecified atom stereocenters. The summed E-state index contributed by atoms with van der Waals surface area (Å²) in [4.78, 5) is 22.4. The highest BCUT2D eigenvalue weighted by atomic mass is 32.1. The molecule has 37 heavy (non-hydrogen) atoms. The van der Waals surface area contributed by atoms with Gasteiger partial charge >= 0.3 is 0 Å². The van der Waals surface area contributed by atoms with Crippen LogP contribution in [0, 0.1) is 6.92 Å². The van der Waals surface area contributed by atoms with Gasteiger partial charge in [0.2, 0.25) is 0 Å². The monoisotopic (exact) mass is 514 g/mol. The van der Waals surface area contributed by atoms with Crippen LogP contribution in [0.2, 0.25) is 0 Å². The maximum absolute atomic E-state index is 13.4. The van der Waals surface area contributed by atoms with E-state index in [1.807, 2.05) is 24.0 Å². The molecule has 2 aromatic carbocycles. The number of aromatic nitrogens is 2. The Morgan fingerprint density at radius 3 is 2.97 bits per heavy atom. The van der Waals surface area contributed by atoms with Crippen molar-refractivity contribution in [1.82, 2.24) is 14.5 Å². The molecule has 3 N–H and O–H groups in total. The van der Waals surface area contributed by atoms with Crippen LogP contribution in [0.4, 0.5) is 11.4 Å². The molecule has 1 fully saturated rings. The van der Waals surface area contributed by atoms with Gasteiger partial charge in [0.1, 0.15) is 29.2 Å². The summed E-state index contributed by atoms with van der Waals surface area (Å²) in [5, 5.41) is 8.14. The normalized spacial score (nSPS) is 20.6. The molecule has 190 valence electrons. The van der Waals surface area contributed by atoms with Gasteiger partial charge in [-0.3, -0.25) is 4.79 Å². The molecule has 3 aliphatic rings. The second-order valence-corrected chi connectivity index (χ2v) is 11.2. The molecule has 7 rings (SSSR count). The molecule has 0 radical (unpaired) electrons. The predicted molar refractivity (Wildman–Crippen MR) is 147 cm³/mol. The first-order chi connectivity index (χ1) is 18.0. The van der Waals surface area contributed by atoms with Crippen molar-refractivity contribution < 1.29 is 9.53 Å². The zero-order valence-electron chi connectivity index (χ0n) is 20.8. The number of aryl methyl sites for hydroxylation is 1. The first kappa shape index (κ1) is 22.6. The van der Waals surface area contributed by atoms with Gasteiger partial charge in [0, 0.05) is 46.7 Å². The fraction of sp³-hybridized carbons (Fsp3) is 0.357. The summed E-state index contributed by atoms with van der Waals surface area (Å²) < 4.78 is 8.46. The Morgan fingerprint density at radius 2 is 2.14 bits per heavy atom. The number of carbonyl (C=O) groups is 1. The van der Waals surface area contributed by atoms with Gasteiger partial charge in [0.15, 0.2) is 0 Å². The summed E-state index contributed by atoms with van der Waals surface area (Å²) in [5.74, 6) is 0.787. The van der Waals surface area contributed by atoms with Gasteiger partial charge in [-0.25, -0.2) is 4.98 Å². The third kappa shape index (κ3) is 3.84. The van der Waals surface area contributed by atoms with Crippen molar-refractivity contribution in [3.05, 3.63) is 69.8 Å². The van der Waals surface area contributed by atoms with E-state index in [2.05, 4.69) is 50.5 Å². The van der Waals surface area contributed by atoms with Crippen LogP contribution in [0.15, 0.2) is 47.8 Å². The van der Waals surface area contributed by atoms with Crippen molar-refractivity contribution in [1.29, 1.82) is 0 Å². The smallest absolute Gasteiger partial charge is 0.254 e. The van der Waals surface area contributed by atoms with Gasteiger partial charge < -0.3 is 30.2 Å². The fourth-order valence-electron chi connectivity index (χ4n) is 5.95. The van der Waals surface area contributed by atoms with Gasteiger partial charge in [-0.15, -0.1) is 11.3 Å². The number of anilines is 2. The predicted octanol–water partition coefficient (Wildman–Crippen LogP) is 4.34. The maximum atomic E-state index is 13.4. The van der Waals surface area contributed by atoms with E-state index in [1.165, 1.54) is 16.6 Å². The average molecular weight is 515 g/mol. The Labute approximate surface area is 219 Å². The molecular formula is C28H30N6O2S. The number of nitrogens with one attached hydrogen (secondary N) is 1. The van der Waals surface area contributed by atoms with E-state index in [1.54, 1.807) is 11.3 Å². The molecule has 0 saturated carbocycles. The van der Waals surface area contributed by atoms with E-state index in [-0.39, 0.29) is 18.1 Å². The quantitative estimate of drug-likeness (QED) is 0.421. The largest absolute Gasteiger partial charge is 0.489 e. The summed E-state index contributed by atoms with van der Waals surface area (Å²) in [5.41, 5.74) is 12.2. The lowest BCUT2D eigenvalue weighted by Crippen LogP contribution is -2.45. The first-order valence-electron chi connectivity index (χ1n) is 12.9. The third-order valence-electron chi connectivity index (χ3n) is 7.63. The number of rotatable bonds is 4. The number of hydrogen-bond acceptors (Lipinski definition) is 7. The number of likely N-dealkylation sites (tertiary alicyclic amines) is 1. The number of fused-ring (bicyclic) bond motifs is 1. The topological polar surface area (TPSA) is 88.7 Å². The van der Waals surface area contributed by atoms with Crippen LogP contribution in [0.25, 0.3) is 10.9 Å². The highest BCUT2D eigenvalue weighted by Crippen LogP contribution is 2.50. The molecule has 1 saturated heterocycles. The Bertz CT molecular complexity index is 1510. The third-order valence-corrected chi connectivity index (χ3v) is 8.58. The summed E-state index contributed by atoms with van der Waals surface area (Å²) in [6, 6.07) is 14.7. The standard InChI is InChI=1S/C28H30N6O2S/c1-17-16-37-25(30-17)15-34-22-7-3-2-5-18(22)12-23(34)27-31-21-11-19(13-24-26(21)33(27)9-10-36-24)28(35)32-8-4-6-20(29)14-32/h2-3,5,7,11-13,16,20,27,31H,4,6,8-10,14-15,29H2,1H3/t20?,27-/m1/s1. The number of amides is 1.